The summed E-state index contributed by atoms with van der Waals surface area (Å²) in [6.07, 6.45) is 3.75. The Hall–Kier alpha value is -3.26. The molecule has 0 saturated carbocycles. The van der Waals surface area contributed by atoms with Crippen LogP contribution >= 0.6 is 0 Å². The summed E-state index contributed by atoms with van der Waals surface area (Å²) >= 11 is 0. The summed E-state index contributed by atoms with van der Waals surface area (Å²) in [5.41, 5.74) is 5.96. The van der Waals surface area contributed by atoms with Crippen molar-refractivity contribution < 1.29 is 0 Å². The van der Waals surface area contributed by atoms with Crippen LogP contribution in [-0.4, -0.2) is 53.7 Å². The number of aromatic nitrogens is 6. The molecule has 1 saturated heterocycles. The molecule has 31 heavy (non-hydrogen) atoms. The second-order valence-corrected chi connectivity index (χ2v) is 8.36. The Kier molecular flexibility index (Phi) is 5.15. The van der Waals surface area contributed by atoms with Crippen LogP contribution in [0.5, 0.6) is 0 Å². The van der Waals surface area contributed by atoms with Crippen LogP contribution in [0.25, 0.3) is 22.6 Å². The number of piperidine rings is 1. The maximum Gasteiger partial charge on any atom is 0.183 e. The lowest BCUT2D eigenvalue weighted by molar-refractivity contribution is 0.211. The normalized spacial score (nSPS) is 15.6. The van der Waals surface area contributed by atoms with Crippen LogP contribution in [-0.2, 0) is 13.6 Å². The molecule has 4 heterocycles. The fourth-order valence-electron chi connectivity index (χ4n) is 4.44. The third-order valence-corrected chi connectivity index (χ3v) is 6.21. The molecule has 0 aliphatic carbocycles. The molecule has 1 aromatic carbocycles. The van der Waals surface area contributed by atoms with Crippen LogP contribution < -0.4 is 5.32 Å². The maximum absolute atomic E-state index is 4.72. The smallest absolute Gasteiger partial charge is 0.183 e. The van der Waals surface area contributed by atoms with Gasteiger partial charge in [0.05, 0.1) is 11.3 Å². The largest absolute Gasteiger partial charge is 0.365 e. The van der Waals surface area contributed by atoms with Gasteiger partial charge < -0.3 is 10.3 Å². The number of nitrogens with zero attached hydrogens (tertiary/aromatic N) is 6. The molecule has 160 valence electrons. The van der Waals surface area contributed by atoms with E-state index in [1.165, 1.54) is 5.56 Å². The van der Waals surface area contributed by atoms with E-state index in [1.807, 2.05) is 18.7 Å². The van der Waals surface area contributed by atoms with Crippen molar-refractivity contribution in [2.45, 2.75) is 39.3 Å². The first kappa shape index (κ1) is 19.7. The van der Waals surface area contributed by atoms with Crippen molar-refractivity contribution >= 4 is 17.0 Å². The summed E-state index contributed by atoms with van der Waals surface area (Å²) in [4.78, 5) is 19.6. The Balaban J connectivity index is 1.31. The number of aryl methyl sites for hydroxylation is 2. The number of H-pyrrole nitrogens is 1. The minimum absolute atomic E-state index is 0.388. The number of likely N-dealkylation sites (tertiary alicyclic amines) is 1. The van der Waals surface area contributed by atoms with Gasteiger partial charge >= 0.3 is 0 Å². The first-order chi connectivity index (χ1) is 15.1. The van der Waals surface area contributed by atoms with Gasteiger partial charge in [-0.05, 0) is 32.3 Å². The molecule has 2 N–H and O–H groups in total. The summed E-state index contributed by atoms with van der Waals surface area (Å²) in [5, 5.41) is 8.15. The number of hydrogen-bond donors (Lipinski definition) is 2. The first-order valence-corrected chi connectivity index (χ1v) is 10.8. The van der Waals surface area contributed by atoms with Crippen LogP contribution in [0, 0.1) is 13.8 Å². The molecule has 0 amide bonds. The fraction of sp³-hybridized carbons (Fsp3) is 0.391. The number of anilines is 1. The van der Waals surface area contributed by atoms with E-state index < -0.39 is 0 Å². The van der Waals surface area contributed by atoms with Gasteiger partial charge in [-0.2, -0.15) is 5.10 Å². The van der Waals surface area contributed by atoms with E-state index in [0.717, 1.165) is 66.6 Å². The van der Waals surface area contributed by atoms with Gasteiger partial charge in [0.1, 0.15) is 17.7 Å². The zero-order valence-corrected chi connectivity index (χ0v) is 18.3. The standard InChI is InChI=1S/C23H28N8/c1-15-19(16(2)30(3)29-15)21-27-20-22(24-14-25-23(20)28-21)26-18-9-11-31(12-10-18)13-17-7-5-4-6-8-17/h4-8,14,18H,9-13H2,1-3H3,(H2,24,25,26,27,28). The van der Waals surface area contributed by atoms with Crippen LogP contribution in [0.4, 0.5) is 5.82 Å². The lowest BCUT2D eigenvalue weighted by Crippen LogP contribution is -2.38. The lowest BCUT2D eigenvalue weighted by Gasteiger charge is -2.32. The summed E-state index contributed by atoms with van der Waals surface area (Å²) in [6, 6.07) is 11.1. The van der Waals surface area contributed by atoms with E-state index in [0.29, 0.717) is 11.7 Å². The lowest BCUT2D eigenvalue weighted by atomic mass is 10.0. The molecule has 0 radical (unpaired) electrons. The van der Waals surface area contributed by atoms with Gasteiger partial charge in [-0.25, -0.2) is 15.0 Å². The summed E-state index contributed by atoms with van der Waals surface area (Å²) in [6.45, 7) is 7.21. The zero-order valence-electron chi connectivity index (χ0n) is 18.3. The number of nitrogens with one attached hydrogen (secondary N) is 2. The molecular formula is C23H28N8. The van der Waals surface area contributed by atoms with Gasteiger partial charge in [0, 0.05) is 38.4 Å². The molecule has 0 spiro atoms. The van der Waals surface area contributed by atoms with Crippen LogP contribution in [0.2, 0.25) is 0 Å². The highest BCUT2D eigenvalue weighted by molar-refractivity contribution is 5.86. The Morgan fingerprint density at radius 3 is 2.58 bits per heavy atom. The van der Waals surface area contributed by atoms with Gasteiger partial charge in [0.2, 0.25) is 0 Å². The first-order valence-electron chi connectivity index (χ1n) is 10.8. The Bertz CT molecular complexity index is 1190. The predicted molar refractivity (Wildman–Crippen MR) is 122 cm³/mol. The quantitative estimate of drug-likeness (QED) is 0.518. The molecule has 0 atom stereocenters. The molecule has 1 aliphatic rings. The van der Waals surface area contributed by atoms with Gasteiger partial charge in [-0.3, -0.25) is 9.58 Å². The number of aromatic amines is 1. The highest BCUT2D eigenvalue weighted by atomic mass is 15.3. The third-order valence-electron chi connectivity index (χ3n) is 6.21. The van der Waals surface area contributed by atoms with Crippen LogP contribution in [0.1, 0.15) is 29.8 Å². The molecular weight excluding hydrogens is 388 g/mol. The van der Waals surface area contributed by atoms with E-state index in [1.54, 1.807) is 6.33 Å². The van der Waals surface area contributed by atoms with Gasteiger partial charge in [0.25, 0.3) is 0 Å². The number of rotatable bonds is 5. The fourth-order valence-corrected chi connectivity index (χ4v) is 4.44. The molecule has 4 aromatic rings. The average molecular weight is 417 g/mol. The molecule has 1 fully saturated rings. The van der Waals surface area contributed by atoms with E-state index in [9.17, 15) is 0 Å². The molecule has 3 aromatic heterocycles. The van der Waals surface area contributed by atoms with E-state index in [-0.39, 0.29) is 0 Å². The van der Waals surface area contributed by atoms with Crippen molar-refractivity contribution in [3.63, 3.8) is 0 Å². The SMILES string of the molecule is Cc1nn(C)c(C)c1-c1nc2ncnc(NC3CCN(Cc4ccccc4)CC3)c2[nH]1. The topological polar surface area (TPSA) is 87.5 Å². The van der Waals surface area contributed by atoms with Gasteiger partial charge in [0.15, 0.2) is 11.5 Å². The average Bonchev–Trinajstić information content (AvgIpc) is 3.30. The Morgan fingerprint density at radius 1 is 1.10 bits per heavy atom. The van der Waals surface area contributed by atoms with Crippen molar-refractivity contribution in [3.05, 3.63) is 53.6 Å². The molecule has 0 unspecified atom stereocenters. The number of fused-ring (bicyclic) bond motifs is 1. The summed E-state index contributed by atoms with van der Waals surface area (Å²) in [5.74, 6) is 1.61. The van der Waals surface area contributed by atoms with Crippen LogP contribution in [0.3, 0.4) is 0 Å². The molecule has 5 rings (SSSR count). The van der Waals surface area contributed by atoms with Gasteiger partial charge in [-0.1, -0.05) is 30.3 Å². The predicted octanol–water partition coefficient (Wildman–Crippen LogP) is 3.45. The molecule has 0 bridgehead atoms. The maximum atomic E-state index is 4.72. The molecule has 8 heteroatoms. The summed E-state index contributed by atoms with van der Waals surface area (Å²) < 4.78 is 1.88. The van der Waals surface area contributed by atoms with Crippen LogP contribution in [0.15, 0.2) is 36.7 Å². The Morgan fingerprint density at radius 2 is 1.87 bits per heavy atom. The number of imidazole rings is 1. The molecule has 1 aliphatic heterocycles. The Labute approximate surface area is 181 Å². The van der Waals surface area contributed by atoms with E-state index >= 15 is 0 Å². The number of hydrogen-bond acceptors (Lipinski definition) is 6. The minimum atomic E-state index is 0.388. The highest BCUT2D eigenvalue weighted by Crippen LogP contribution is 2.28. The van der Waals surface area contributed by atoms with Crippen molar-refractivity contribution in [2.24, 2.45) is 7.05 Å². The third kappa shape index (κ3) is 3.90. The zero-order chi connectivity index (χ0) is 21.4. The van der Waals surface area contributed by atoms with Crippen molar-refractivity contribution in [3.8, 4) is 11.4 Å². The second kappa shape index (κ2) is 8.11. The van der Waals surface area contributed by atoms with Crippen molar-refractivity contribution in [2.75, 3.05) is 18.4 Å². The second-order valence-electron chi connectivity index (χ2n) is 8.36. The van der Waals surface area contributed by atoms with E-state index in [4.69, 9.17) is 4.98 Å². The highest BCUT2D eigenvalue weighted by Gasteiger charge is 2.22. The van der Waals surface area contributed by atoms with E-state index in [2.05, 4.69) is 67.5 Å². The number of benzene rings is 1. The molecule has 8 nitrogen and oxygen atoms in total. The monoisotopic (exact) mass is 416 g/mol. The van der Waals surface area contributed by atoms with Crippen molar-refractivity contribution in [1.29, 1.82) is 0 Å². The van der Waals surface area contributed by atoms with Crippen molar-refractivity contribution in [1.82, 2.24) is 34.6 Å². The summed E-state index contributed by atoms with van der Waals surface area (Å²) in [7, 11) is 1.95. The minimum Gasteiger partial charge on any atom is -0.365 e. The van der Waals surface area contributed by atoms with Gasteiger partial charge in [-0.15, -0.1) is 0 Å².